The van der Waals surface area contributed by atoms with Crippen LogP contribution in [0.25, 0.3) is 6.08 Å². The van der Waals surface area contributed by atoms with E-state index in [-0.39, 0.29) is 51.0 Å². The maximum absolute atomic E-state index is 13.3. The number of fused-ring (bicyclic) bond motifs is 5. The topological polar surface area (TPSA) is 123 Å². The average molecular weight is 434 g/mol. The van der Waals surface area contributed by atoms with Gasteiger partial charge < -0.3 is 24.1 Å². The highest BCUT2D eigenvalue weighted by molar-refractivity contribution is 6.26. The van der Waals surface area contributed by atoms with E-state index in [0.717, 1.165) is 0 Å². The lowest BCUT2D eigenvalue weighted by atomic mass is 9.71. The van der Waals surface area contributed by atoms with Gasteiger partial charge in [0.1, 0.15) is 51.1 Å². The first kappa shape index (κ1) is 19.9. The highest BCUT2D eigenvalue weighted by atomic mass is 16.5. The van der Waals surface area contributed by atoms with E-state index in [1.807, 2.05) is 0 Å². The van der Waals surface area contributed by atoms with Gasteiger partial charge in [-0.15, -0.1) is 0 Å². The van der Waals surface area contributed by atoms with Gasteiger partial charge in [-0.25, -0.2) is 0 Å². The molecule has 0 bridgehead atoms. The monoisotopic (exact) mass is 434 g/mol. The van der Waals surface area contributed by atoms with E-state index in [1.54, 1.807) is 26.0 Å². The lowest BCUT2D eigenvalue weighted by molar-refractivity contribution is -0.123. The zero-order valence-corrected chi connectivity index (χ0v) is 17.7. The first-order chi connectivity index (χ1) is 15.1. The predicted octanol–water partition coefficient (Wildman–Crippen LogP) is 3.74. The van der Waals surface area contributed by atoms with E-state index in [1.165, 1.54) is 26.0 Å². The minimum Gasteiger partial charge on any atom is -0.507 e. The Morgan fingerprint density at radius 3 is 2.44 bits per heavy atom. The SMILES string of the molecule is CC(=O)C1=C(O)C=C2Oc3c4c(c(C)c(O)c3[C@@]2(C)C1=O)O/C(=C\c1ccc(C)o1)C4=O. The van der Waals surface area contributed by atoms with Crippen molar-refractivity contribution in [2.24, 2.45) is 0 Å². The first-order valence-electron chi connectivity index (χ1n) is 9.85. The van der Waals surface area contributed by atoms with Crippen molar-refractivity contribution in [3.05, 3.63) is 69.3 Å². The maximum Gasteiger partial charge on any atom is 0.235 e. The number of aromatic hydroxyl groups is 1. The molecule has 0 radical (unpaired) electrons. The number of furan rings is 1. The summed E-state index contributed by atoms with van der Waals surface area (Å²) in [5.74, 6) is -1.52. The van der Waals surface area contributed by atoms with Crippen molar-refractivity contribution in [3.63, 3.8) is 0 Å². The third-order valence-electron chi connectivity index (χ3n) is 6.07. The number of aryl methyl sites for hydroxylation is 1. The highest BCUT2D eigenvalue weighted by Gasteiger charge is 2.56. The van der Waals surface area contributed by atoms with E-state index in [0.29, 0.717) is 11.5 Å². The molecule has 1 aromatic carbocycles. The standard InChI is InChI=1S/C24H18O8/c1-9-5-6-12(30-9)7-14-20(28)17-21(31-14)10(2)19(27)18-22(17)32-15-8-13(26)16(11(3)25)23(29)24(15,18)4/h5-8,26-27H,1-4H3/b14-7-/t24-/m0/s1. The molecule has 0 saturated heterocycles. The molecule has 2 N–H and O–H groups in total. The van der Waals surface area contributed by atoms with Crippen molar-refractivity contribution in [1.29, 1.82) is 0 Å². The number of rotatable bonds is 2. The fourth-order valence-electron chi connectivity index (χ4n) is 4.39. The minimum absolute atomic E-state index is 0.00925. The summed E-state index contributed by atoms with van der Waals surface area (Å²) in [6, 6.07) is 3.43. The number of hydrogen-bond donors (Lipinski definition) is 2. The smallest absolute Gasteiger partial charge is 0.235 e. The Kier molecular flexibility index (Phi) is 3.87. The van der Waals surface area contributed by atoms with Crippen molar-refractivity contribution < 1.29 is 38.5 Å². The summed E-state index contributed by atoms with van der Waals surface area (Å²) >= 11 is 0. The van der Waals surface area contributed by atoms with Gasteiger partial charge in [0, 0.05) is 17.7 Å². The first-order valence-corrected chi connectivity index (χ1v) is 9.85. The second kappa shape index (κ2) is 6.23. The van der Waals surface area contributed by atoms with Gasteiger partial charge in [0.2, 0.25) is 5.78 Å². The van der Waals surface area contributed by atoms with E-state index in [9.17, 15) is 24.6 Å². The van der Waals surface area contributed by atoms with E-state index in [2.05, 4.69) is 0 Å². The molecule has 5 rings (SSSR count). The Morgan fingerprint density at radius 2 is 1.81 bits per heavy atom. The van der Waals surface area contributed by atoms with E-state index >= 15 is 0 Å². The van der Waals surface area contributed by atoms with Crippen LogP contribution in [0.5, 0.6) is 17.2 Å². The molecule has 1 aliphatic carbocycles. The van der Waals surface area contributed by atoms with Gasteiger partial charge >= 0.3 is 0 Å². The number of benzene rings is 1. The molecule has 0 saturated carbocycles. The molecule has 0 fully saturated rings. The highest BCUT2D eigenvalue weighted by Crippen LogP contribution is 2.59. The number of carbonyl (C=O) groups is 3. The van der Waals surface area contributed by atoms with E-state index < -0.39 is 28.5 Å². The molecular formula is C24H18O8. The Bertz CT molecular complexity index is 1380. The minimum atomic E-state index is -1.59. The molecule has 3 heterocycles. The Morgan fingerprint density at radius 1 is 1.09 bits per heavy atom. The average Bonchev–Trinajstić information content (AvgIpc) is 3.35. The number of phenolic OH excluding ortho intramolecular Hbond substituents is 1. The zero-order valence-electron chi connectivity index (χ0n) is 17.7. The van der Waals surface area contributed by atoms with Gasteiger partial charge in [-0.1, -0.05) is 0 Å². The molecule has 8 heteroatoms. The third-order valence-corrected chi connectivity index (χ3v) is 6.07. The second-order valence-electron chi connectivity index (χ2n) is 8.15. The van der Waals surface area contributed by atoms with Gasteiger partial charge in [0.15, 0.2) is 23.1 Å². The fraction of sp³-hybridized carbons (Fsp3) is 0.208. The third kappa shape index (κ3) is 2.34. The van der Waals surface area contributed by atoms with Crippen LogP contribution in [-0.2, 0) is 15.0 Å². The number of ether oxygens (including phenoxy) is 2. The van der Waals surface area contributed by atoms with Crippen molar-refractivity contribution in [1.82, 2.24) is 0 Å². The molecule has 2 aliphatic heterocycles. The number of phenols is 1. The van der Waals surface area contributed by atoms with Crippen molar-refractivity contribution >= 4 is 23.4 Å². The number of aliphatic hydroxyl groups is 1. The number of ketones is 3. The summed E-state index contributed by atoms with van der Waals surface area (Å²) in [5, 5.41) is 21.2. The normalized spacial score (nSPS) is 22.4. The van der Waals surface area contributed by atoms with Gasteiger partial charge in [-0.2, -0.15) is 0 Å². The van der Waals surface area contributed by atoms with Crippen LogP contribution in [0.4, 0.5) is 0 Å². The molecule has 3 aliphatic rings. The summed E-state index contributed by atoms with van der Waals surface area (Å²) in [4.78, 5) is 38.5. The molecule has 2 aromatic rings. The maximum atomic E-state index is 13.3. The molecule has 162 valence electrons. The van der Waals surface area contributed by atoms with Crippen LogP contribution in [0.3, 0.4) is 0 Å². The number of hydrogen-bond acceptors (Lipinski definition) is 8. The summed E-state index contributed by atoms with van der Waals surface area (Å²) in [6.07, 6.45) is 2.61. The van der Waals surface area contributed by atoms with Gasteiger partial charge in [-0.05, 0) is 39.8 Å². The Hall–Kier alpha value is -4.07. The van der Waals surface area contributed by atoms with Gasteiger partial charge in [-0.3, -0.25) is 14.4 Å². The van der Waals surface area contributed by atoms with Crippen molar-refractivity contribution in [2.75, 3.05) is 0 Å². The second-order valence-corrected chi connectivity index (χ2v) is 8.15. The number of aliphatic hydroxyl groups excluding tert-OH is 1. The van der Waals surface area contributed by atoms with Crippen LogP contribution >= 0.6 is 0 Å². The fourth-order valence-corrected chi connectivity index (χ4v) is 4.39. The number of carbonyl (C=O) groups excluding carboxylic acids is 3. The molecule has 0 spiro atoms. The quantitative estimate of drug-likeness (QED) is 0.541. The molecule has 1 atom stereocenters. The molecule has 8 nitrogen and oxygen atoms in total. The summed E-state index contributed by atoms with van der Waals surface area (Å²) < 4.78 is 17.1. The van der Waals surface area contributed by atoms with E-state index in [4.69, 9.17) is 13.9 Å². The Balaban J connectivity index is 1.72. The van der Waals surface area contributed by atoms with Crippen LogP contribution in [0.15, 0.2) is 45.5 Å². The van der Waals surface area contributed by atoms with Gasteiger partial charge in [0.05, 0.1) is 5.56 Å². The molecule has 1 aromatic heterocycles. The van der Waals surface area contributed by atoms with Crippen LogP contribution in [-0.4, -0.2) is 27.6 Å². The van der Waals surface area contributed by atoms with Crippen LogP contribution in [0.1, 0.15) is 46.9 Å². The summed E-state index contributed by atoms with van der Waals surface area (Å²) in [7, 11) is 0. The van der Waals surface area contributed by atoms with Crippen LogP contribution < -0.4 is 9.47 Å². The number of Topliss-reactive ketones (excluding diaryl/α,β-unsaturated/α-hetero) is 3. The van der Waals surface area contributed by atoms with Crippen molar-refractivity contribution in [3.8, 4) is 17.2 Å². The molecule has 0 amide bonds. The van der Waals surface area contributed by atoms with Crippen LogP contribution in [0, 0.1) is 13.8 Å². The summed E-state index contributed by atoms with van der Waals surface area (Å²) in [5.41, 5.74) is -1.62. The largest absolute Gasteiger partial charge is 0.507 e. The molecule has 0 unspecified atom stereocenters. The number of allylic oxidation sites excluding steroid dienone is 4. The molecule has 32 heavy (non-hydrogen) atoms. The lowest BCUT2D eigenvalue weighted by Crippen LogP contribution is -2.38. The van der Waals surface area contributed by atoms with Crippen LogP contribution in [0.2, 0.25) is 0 Å². The predicted molar refractivity (Wildman–Crippen MR) is 111 cm³/mol. The Labute approximate surface area is 182 Å². The summed E-state index contributed by atoms with van der Waals surface area (Å²) in [6.45, 7) is 5.97. The molecular weight excluding hydrogens is 416 g/mol. The zero-order chi connectivity index (χ0) is 23.1. The lowest BCUT2D eigenvalue weighted by Gasteiger charge is -2.27. The van der Waals surface area contributed by atoms with Crippen molar-refractivity contribution in [2.45, 2.75) is 33.1 Å². The van der Waals surface area contributed by atoms with Gasteiger partial charge in [0.25, 0.3) is 0 Å².